The lowest BCUT2D eigenvalue weighted by Gasteiger charge is -2.17. The van der Waals surface area contributed by atoms with Crippen molar-refractivity contribution in [3.05, 3.63) is 0 Å². The molecule has 0 aromatic rings. The molecule has 0 spiro atoms. The molecule has 1 amide bonds. The van der Waals surface area contributed by atoms with Crippen LogP contribution < -0.4 is 11.2 Å². The number of hydrogen-bond donors (Lipinski definition) is 2. The highest BCUT2D eigenvalue weighted by molar-refractivity contribution is 5.78. The number of nitrogens with one attached hydrogen (secondary N) is 1. The maximum Gasteiger partial charge on any atom is 0.220 e. The topological polar surface area (TPSA) is 64.3 Å². The quantitative estimate of drug-likeness (QED) is 0.559. The van der Waals surface area contributed by atoms with Crippen molar-refractivity contribution in [1.29, 1.82) is 0 Å². The van der Waals surface area contributed by atoms with Crippen molar-refractivity contribution in [1.82, 2.24) is 5.32 Å². The van der Waals surface area contributed by atoms with Crippen LogP contribution in [0.1, 0.15) is 19.8 Å². The molecule has 0 aliphatic carbocycles. The molecular weight excluding hydrogens is 144 g/mol. The summed E-state index contributed by atoms with van der Waals surface area (Å²) < 4.78 is 0. The van der Waals surface area contributed by atoms with E-state index in [0.717, 1.165) is 6.42 Å². The molecule has 0 bridgehead atoms. The number of rotatable bonds is 3. The summed E-state index contributed by atoms with van der Waals surface area (Å²) >= 11 is 0. The van der Waals surface area contributed by atoms with Gasteiger partial charge in [0.1, 0.15) is 0 Å². The van der Waals surface area contributed by atoms with Gasteiger partial charge < -0.3 is 10.2 Å². The van der Waals surface area contributed by atoms with Crippen LogP contribution in [0.2, 0.25) is 0 Å². The third-order valence-corrected chi connectivity index (χ3v) is 2.11. The second-order valence-electron chi connectivity index (χ2n) is 2.85. The molecule has 0 saturated carbocycles. The van der Waals surface area contributed by atoms with E-state index in [0.29, 0.717) is 13.0 Å². The van der Waals surface area contributed by atoms with Crippen LogP contribution in [-0.4, -0.2) is 18.6 Å². The first kappa shape index (κ1) is 8.49. The summed E-state index contributed by atoms with van der Waals surface area (Å²) in [6, 6.07) is 0. The van der Waals surface area contributed by atoms with Crippen LogP contribution in [-0.2, 0) is 9.63 Å². The molecule has 4 nitrogen and oxygen atoms in total. The number of nitrogens with two attached hydrogens (primary N) is 1. The van der Waals surface area contributed by atoms with E-state index in [1.165, 1.54) is 0 Å². The summed E-state index contributed by atoms with van der Waals surface area (Å²) in [5, 5.41) is 2.74. The fourth-order valence-corrected chi connectivity index (χ4v) is 1.43. The molecular formula is C7H14N2O2. The highest BCUT2D eigenvalue weighted by Crippen LogP contribution is 2.17. The molecule has 0 aromatic carbocycles. The van der Waals surface area contributed by atoms with E-state index in [1.807, 2.05) is 6.92 Å². The molecule has 0 aromatic heterocycles. The average molecular weight is 158 g/mol. The Morgan fingerprint density at radius 2 is 2.64 bits per heavy atom. The van der Waals surface area contributed by atoms with Crippen molar-refractivity contribution in [3.63, 3.8) is 0 Å². The first-order valence-corrected chi connectivity index (χ1v) is 3.90. The van der Waals surface area contributed by atoms with Crippen molar-refractivity contribution >= 4 is 5.91 Å². The summed E-state index contributed by atoms with van der Waals surface area (Å²) in [6.07, 6.45) is 1.43. The Morgan fingerprint density at radius 3 is 3.00 bits per heavy atom. The minimum atomic E-state index is 0.0222. The standard InChI is InChI=1S/C7H14N2O2/c1-2-6(11-8)5-3-7(10)9-4-5/h5-6H,2-4,8H2,1H3,(H,9,10). The summed E-state index contributed by atoms with van der Waals surface area (Å²) in [5.74, 6) is 5.43. The largest absolute Gasteiger partial charge is 0.356 e. The maximum absolute atomic E-state index is 10.8. The molecule has 1 fully saturated rings. The molecule has 2 unspecified atom stereocenters. The Bertz CT molecular complexity index is 145. The van der Waals surface area contributed by atoms with Crippen molar-refractivity contribution in [2.24, 2.45) is 11.8 Å². The molecule has 3 N–H and O–H groups in total. The Hall–Kier alpha value is -0.610. The smallest absolute Gasteiger partial charge is 0.220 e. The van der Waals surface area contributed by atoms with Gasteiger partial charge in [-0.1, -0.05) is 6.92 Å². The van der Waals surface area contributed by atoms with Gasteiger partial charge in [0.15, 0.2) is 0 Å². The minimum Gasteiger partial charge on any atom is -0.356 e. The molecule has 1 heterocycles. The van der Waals surface area contributed by atoms with Gasteiger partial charge >= 0.3 is 0 Å². The van der Waals surface area contributed by atoms with Crippen LogP contribution in [0, 0.1) is 5.92 Å². The summed E-state index contributed by atoms with van der Waals surface area (Å²) in [6.45, 7) is 2.70. The number of carbonyl (C=O) groups excluding carboxylic acids is 1. The van der Waals surface area contributed by atoms with E-state index in [1.54, 1.807) is 0 Å². The summed E-state index contributed by atoms with van der Waals surface area (Å²) in [5.41, 5.74) is 0. The van der Waals surface area contributed by atoms with Gasteiger partial charge in [0, 0.05) is 18.9 Å². The maximum atomic E-state index is 10.8. The molecule has 1 saturated heterocycles. The number of hydrogen-bond acceptors (Lipinski definition) is 3. The first-order chi connectivity index (χ1) is 5.27. The predicted molar refractivity (Wildman–Crippen MR) is 40.5 cm³/mol. The zero-order valence-corrected chi connectivity index (χ0v) is 6.67. The van der Waals surface area contributed by atoms with Crippen LogP contribution in [0.3, 0.4) is 0 Å². The van der Waals surface area contributed by atoms with Gasteiger partial charge in [0.25, 0.3) is 0 Å². The van der Waals surface area contributed by atoms with E-state index in [2.05, 4.69) is 5.32 Å². The van der Waals surface area contributed by atoms with E-state index < -0.39 is 0 Å². The van der Waals surface area contributed by atoms with Crippen molar-refractivity contribution in [2.45, 2.75) is 25.9 Å². The Kier molecular flexibility index (Phi) is 2.84. The van der Waals surface area contributed by atoms with Gasteiger partial charge in [0.05, 0.1) is 6.10 Å². The molecule has 2 atom stereocenters. The Morgan fingerprint density at radius 1 is 1.91 bits per heavy atom. The van der Waals surface area contributed by atoms with Crippen molar-refractivity contribution < 1.29 is 9.63 Å². The third kappa shape index (κ3) is 1.91. The monoisotopic (exact) mass is 158 g/mol. The highest BCUT2D eigenvalue weighted by atomic mass is 16.6. The lowest BCUT2D eigenvalue weighted by atomic mass is 10.00. The second-order valence-corrected chi connectivity index (χ2v) is 2.85. The zero-order chi connectivity index (χ0) is 8.27. The number of carbonyl (C=O) groups is 1. The molecule has 11 heavy (non-hydrogen) atoms. The van der Waals surface area contributed by atoms with Crippen molar-refractivity contribution in [3.8, 4) is 0 Å². The average Bonchev–Trinajstić information content (AvgIpc) is 2.39. The minimum absolute atomic E-state index is 0.0222. The van der Waals surface area contributed by atoms with Gasteiger partial charge in [-0.25, -0.2) is 5.90 Å². The molecule has 1 aliphatic heterocycles. The SMILES string of the molecule is CCC(ON)C1CNC(=O)C1. The third-order valence-electron chi connectivity index (χ3n) is 2.11. The second kappa shape index (κ2) is 3.69. The lowest BCUT2D eigenvalue weighted by Crippen LogP contribution is -2.27. The van der Waals surface area contributed by atoms with Crippen LogP contribution in [0.15, 0.2) is 0 Å². The molecule has 0 radical (unpaired) electrons. The van der Waals surface area contributed by atoms with E-state index >= 15 is 0 Å². The van der Waals surface area contributed by atoms with Gasteiger partial charge in [-0.2, -0.15) is 0 Å². The highest BCUT2D eigenvalue weighted by Gasteiger charge is 2.28. The molecule has 64 valence electrons. The van der Waals surface area contributed by atoms with Gasteiger partial charge in [-0.3, -0.25) is 4.79 Å². The van der Waals surface area contributed by atoms with Crippen LogP contribution in [0.4, 0.5) is 0 Å². The molecule has 1 rings (SSSR count). The lowest BCUT2D eigenvalue weighted by molar-refractivity contribution is -0.119. The summed E-state index contributed by atoms with van der Waals surface area (Å²) in [7, 11) is 0. The Balaban J connectivity index is 2.40. The predicted octanol–water partition coefficient (Wildman–Crippen LogP) is -0.209. The van der Waals surface area contributed by atoms with Gasteiger partial charge in [-0.15, -0.1) is 0 Å². The molecule has 1 aliphatic rings. The normalized spacial score (nSPS) is 26.7. The Labute approximate surface area is 66.0 Å². The fourth-order valence-electron chi connectivity index (χ4n) is 1.43. The first-order valence-electron chi connectivity index (χ1n) is 3.90. The van der Waals surface area contributed by atoms with E-state index in [9.17, 15) is 4.79 Å². The van der Waals surface area contributed by atoms with Gasteiger partial charge in [0.2, 0.25) is 5.91 Å². The molecule has 4 heteroatoms. The number of amides is 1. The van der Waals surface area contributed by atoms with Crippen molar-refractivity contribution in [2.75, 3.05) is 6.54 Å². The van der Waals surface area contributed by atoms with Crippen LogP contribution in [0.5, 0.6) is 0 Å². The fraction of sp³-hybridized carbons (Fsp3) is 0.857. The van der Waals surface area contributed by atoms with Gasteiger partial charge in [-0.05, 0) is 6.42 Å². The zero-order valence-electron chi connectivity index (χ0n) is 6.67. The van der Waals surface area contributed by atoms with Crippen LogP contribution >= 0.6 is 0 Å². The van der Waals surface area contributed by atoms with Crippen LogP contribution in [0.25, 0.3) is 0 Å². The summed E-state index contributed by atoms with van der Waals surface area (Å²) in [4.78, 5) is 15.5. The van der Waals surface area contributed by atoms with E-state index in [-0.39, 0.29) is 17.9 Å². The van der Waals surface area contributed by atoms with E-state index in [4.69, 9.17) is 10.7 Å².